The molecule has 2 amide bonds. The molecule has 5 nitrogen and oxygen atoms in total. The van der Waals surface area contributed by atoms with Gasteiger partial charge in [0.15, 0.2) is 0 Å². The van der Waals surface area contributed by atoms with E-state index >= 15 is 0 Å². The summed E-state index contributed by atoms with van der Waals surface area (Å²) in [5.74, 6) is -0.686. The van der Waals surface area contributed by atoms with Crippen molar-refractivity contribution in [3.8, 4) is 0 Å². The number of hydrogen-bond acceptors (Lipinski definition) is 3. The minimum Gasteiger partial charge on any atom is -0.368 e. The lowest BCUT2D eigenvalue weighted by Crippen LogP contribution is -2.55. The largest absolute Gasteiger partial charge is 0.368 e. The van der Waals surface area contributed by atoms with Gasteiger partial charge in [0.2, 0.25) is 11.8 Å². The number of amides is 2. The van der Waals surface area contributed by atoms with Crippen molar-refractivity contribution < 1.29 is 9.59 Å². The van der Waals surface area contributed by atoms with E-state index in [0.29, 0.717) is 13.0 Å². The zero-order valence-corrected chi connectivity index (χ0v) is 11.8. The second-order valence-electron chi connectivity index (χ2n) is 5.54. The molecule has 1 aromatic carbocycles. The van der Waals surface area contributed by atoms with E-state index in [-0.39, 0.29) is 17.9 Å². The van der Waals surface area contributed by atoms with E-state index in [1.807, 2.05) is 32.0 Å². The molecule has 1 aromatic rings. The highest BCUT2D eigenvalue weighted by Gasteiger charge is 2.28. The van der Waals surface area contributed by atoms with E-state index in [0.717, 1.165) is 0 Å². The number of rotatable bonds is 4. The smallest absolute Gasteiger partial charge is 0.240 e. The Bertz CT molecular complexity index is 514. The Hall–Kier alpha value is -1.88. The number of nitrogens with two attached hydrogens (primary N) is 1. The maximum absolute atomic E-state index is 12.2. The third-order valence-electron chi connectivity index (χ3n) is 3.67. The second kappa shape index (κ2) is 6.05. The molecule has 1 aliphatic rings. The first kappa shape index (κ1) is 14.5. The number of primary amides is 1. The molecule has 2 unspecified atom stereocenters. The maximum Gasteiger partial charge on any atom is 0.240 e. The van der Waals surface area contributed by atoms with Crippen molar-refractivity contribution >= 4 is 11.8 Å². The van der Waals surface area contributed by atoms with E-state index < -0.39 is 11.9 Å². The second-order valence-corrected chi connectivity index (χ2v) is 5.54. The number of carbonyl (C=O) groups is 2. The molecule has 0 aromatic heterocycles. The molecule has 2 rings (SSSR count). The first-order valence-electron chi connectivity index (χ1n) is 6.89. The monoisotopic (exact) mass is 275 g/mol. The van der Waals surface area contributed by atoms with E-state index in [2.05, 4.69) is 16.7 Å². The summed E-state index contributed by atoms with van der Waals surface area (Å²) >= 11 is 0. The Kier molecular flexibility index (Phi) is 4.39. The fourth-order valence-electron chi connectivity index (χ4n) is 2.46. The summed E-state index contributed by atoms with van der Waals surface area (Å²) in [5.41, 5.74) is 7.71. The lowest BCUT2D eigenvalue weighted by molar-refractivity contribution is -0.129. The molecule has 0 aliphatic carbocycles. The van der Waals surface area contributed by atoms with Gasteiger partial charge >= 0.3 is 0 Å². The van der Waals surface area contributed by atoms with Crippen molar-refractivity contribution in [2.24, 2.45) is 11.7 Å². The van der Waals surface area contributed by atoms with Crippen LogP contribution in [0, 0.1) is 5.92 Å². The van der Waals surface area contributed by atoms with Gasteiger partial charge in [0, 0.05) is 6.54 Å². The Morgan fingerprint density at radius 3 is 2.55 bits per heavy atom. The number of carbonyl (C=O) groups excluding carboxylic acids is 2. The van der Waals surface area contributed by atoms with Gasteiger partial charge in [-0.2, -0.15) is 0 Å². The summed E-state index contributed by atoms with van der Waals surface area (Å²) in [5, 5.41) is 5.93. The molecule has 0 saturated carbocycles. The van der Waals surface area contributed by atoms with Crippen LogP contribution in [0.2, 0.25) is 0 Å². The molecule has 4 N–H and O–H groups in total. The molecule has 2 atom stereocenters. The van der Waals surface area contributed by atoms with Gasteiger partial charge in [0.25, 0.3) is 0 Å². The van der Waals surface area contributed by atoms with E-state index in [9.17, 15) is 9.59 Å². The normalized spacial score (nSPS) is 19.2. The molecule has 0 bridgehead atoms. The van der Waals surface area contributed by atoms with E-state index in [4.69, 9.17) is 5.73 Å². The molecule has 5 heteroatoms. The summed E-state index contributed by atoms with van der Waals surface area (Å²) < 4.78 is 0. The van der Waals surface area contributed by atoms with Gasteiger partial charge in [0.05, 0.1) is 6.04 Å². The number of fused-ring (bicyclic) bond motifs is 1. The van der Waals surface area contributed by atoms with Crippen LogP contribution in [0.4, 0.5) is 0 Å². The van der Waals surface area contributed by atoms with Gasteiger partial charge in [-0.3, -0.25) is 9.59 Å². The van der Waals surface area contributed by atoms with Crippen LogP contribution in [0.1, 0.15) is 25.0 Å². The number of nitrogens with one attached hydrogen (secondary N) is 2. The highest BCUT2D eigenvalue weighted by molar-refractivity contribution is 5.89. The van der Waals surface area contributed by atoms with Crippen molar-refractivity contribution in [2.75, 3.05) is 0 Å². The van der Waals surface area contributed by atoms with Crippen LogP contribution in [-0.4, -0.2) is 23.9 Å². The summed E-state index contributed by atoms with van der Waals surface area (Å²) in [4.78, 5) is 23.6. The molecule has 0 radical (unpaired) electrons. The molecule has 1 aliphatic heterocycles. The summed E-state index contributed by atoms with van der Waals surface area (Å²) in [6, 6.07) is 7.11. The molecule has 108 valence electrons. The Labute approximate surface area is 118 Å². The highest BCUT2D eigenvalue weighted by Crippen LogP contribution is 2.16. The lowest BCUT2D eigenvalue weighted by atomic mass is 9.95. The average Bonchev–Trinajstić information content (AvgIpc) is 2.43. The van der Waals surface area contributed by atoms with Crippen molar-refractivity contribution in [3.05, 3.63) is 35.4 Å². The van der Waals surface area contributed by atoms with Crippen LogP contribution < -0.4 is 16.4 Å². The number of hydrogen-bond donors (Lipinski definition) is 3. The Morgan fingerprint density at radius 2 is 1.95 bits per heavy atom. The predicted octanol–water partition coefficient (Wildman–Crippen LogP) is 0.327. The van der Waals surface area contributed by atoms with Crippen molar-refractivity contribution in [3.63, 3.8) is 0 Å². The van der Waals surface area contributed by atoms with Crippen LogP contribution in [0.5, 0.6) is 0 Å². The summed E-state index contributed by atoms with van der Waals surface area (Å²) in [6.07, 6.45) is 0.631. The fraction of sp³-hybridized carbons (Fsp3) is 0.467. The minimum atomic E-state index is -0.624. The van der Waals surface area contributed by atoms with Crippen LogP contribution in [0.3, 0.4) is 0 Å². The van der Waals surface area contributed by atoms with Crippen LogP contribution in [0.15, 0.2) is 24.3 Å². The molecule has 0 spiro atoms. The van der Waals surface area contributed by atoms with Crippen molar-refractivity contribution in [1.82, 2.24) is 10.6 Å². The van der Waals surface area contributed by atoms with Gasteiger partial charge in [-0.1, -0.05) is 38.1 Å². The van der Waals surface area contributed by atoms with Gasteiger partial charge in [-0.15, -0.1) is 0 Å². The van der Waals surface area contributed by atoms with Gasteiger partial charge in [-0.05, 0) is 23.5 Å². The molecule has 0 fully saturated rings. The fourth-order valence-corrected chi connectivity index (χ4v) is 2.46. The minimum absolute atomic E-state index is 0.0210. The Balaban J connectivity index is 2.03. The third kappa shape index (κ3) is 3.17. The highest BCUT2D eigenvalue weighted by atomic mass is 16.2. The molecule has 0 saturated heterocycles. The van der Waals surface area contributed by atoms with Gasteiger partial charge in [-0.25, -0.2) is 0 Å². The van der Waals surface area contributed by atoms with Crippen molar-refractivity contribution in [2.45, 2.75) is 38.9 Å². The first-order chi connectivity index (χ1) is 9.49. The SMILES string of the molecule is CC(C)C(NC(=O)C1Cc2ccccc2CN1)C(N)=O. The number of benzene rings is 1. The third-order valence-corrected chi connectivity index (χ3v) is 3.67. The van der Waals surface area contributed by atoms with Gasteiger partial charge in [0.1, 0.15) is 6.04 Å². The van der Waals surface area contributed by atoms with Gasteiger partial charge < -0.3 is 16.4 Å². The van der Waals surface area contributed by atoms with Crippen LogP contribution in [-0.2, 0) is 22.6 Å². The quantitative estimate of drug-likeness (QED) is 0.740. The maximum atomic E-state index is 12.2. The molecule has 20 heavy (non-hydrogen) atoms. The van der Waals surface area contributed by atoms with E-state index in [1.54, 1.807) is 0 Å². The van der Waals surface area contributed by atoms with Crippen LogP contribution in [0.25, 0.3) is 0 Å². The van der Waals surface area contributed by atoms with Crippen LogP contribution >= 0.6 is 0 Å². The van der Waals surface area contributed by atoms with E-state index in [1.165, 1.54) is 11.1 Å². The molecular formula is C15H21N3O2. The molecule has 1 heterocycles. The topological polar surface area (TPSA) is 84.2 Å². The zero-order chi connectivity index (χ0) is 14.7. The summed E-state index contributed by atoms with van der Waals surface area (Å²) in [7, 11) is 0. The molecular weight excluding hydrogens is 254 g/mol. The standard InChI is InChI=1S/C15H21N3O2/c1-9(2)13(14(16)19)18-15(20)12-7-10-5-3-4-6-11(10)8-17-12/h3-6,9,12-13,17H,7-8H2,1-2H3,(H2,16,19)(H,18,20). The van der Waals surface area contributed by atoms with Crippen molar-refractivity contribution in [1.29, 1.82) is 0 Å². The first-order valence-corrected chi connectivity index (χ1v) is 6.89. The predicted molar refractivity (Wildman–Crippen MR) is 76.7 cm³/mol. The Morgan fingerprint density at radius 1 is 1.30 bits per heavy atom. The summed E-state index contributed by atoms with van der Waals surface area (Å²) in [6.45, 7) is 4.38. The average molecular weight is 275 g/mol. The lowest BCUT2D eigenvalue weighted by Gasteiger charge is -2.27. The zero-order valence-electron chi connectivity index (χ0n) is 11.8.